The molecule has 5 heteroatoms. The molecule has 5 nitrogen and oxygen atoms in total. The second-order valence-electron chi connectivity index (χ2n) is 7.38. The molecule has 1 aliphatic heterocycles. The molecule has 1 fully saturated rings. The van der Waals surface area contributed by atoms with Gasteiger partial charge in [-0.1, -0.05) is 48.9 Å². The highest BCUT2D eigenvalue weighted by Crippen LogP contribution is 2.22. The van der Waals surface area contributed by atoms with E-state index in [1.165, 1.54) is 18.4 Å². The summed E-state index contributed by atoms with van der Waals surface area (Å²) in [6, 6.07) is 18.9. The van der Waals surface area contributed by atoms with Crippen molar-refractivity contribution in [1.82, 2.24) is 10.2 Å². The van der Waals surface area contributed by atoms with Crippen LogP contribution in [0.1, 0.15) is 36.8 Å². The molecule has 0 saturated carbocycles. The molecular formula is C23H31N3O2. The molecule has 0 aromatic heterocycles. The molecule has 0 bridgehead atoms. The van der Waals surface area contributed by atoms with Gasteiger partial charge in [0.25, 0.3) is 0 Å². The zero-order valence-electron chi connectivity index (χ0n) is 16.5. The second-order valence-corrected chi connectivity index (χ2v) is 7.38. The van der Waals surface area contributed by atoms with Gasteiger partial charge in [-0.25, -0.2) is 0 Å². The van der Waals surface area contributed by atoms with Crippen molar-refractivity contribution in [3.05, 3.63) is 65.7 Å². The molecule has 1 aliphatic rings. The number of hydrogen-bond donors (Lipinski definition) is 2. The molecule has 3 N–H and O–H groups in total. The third-order valence-electron chi connectivity index (χ3n) is 5.19. The van der Waals surface area contributed by atoms with Crippen molar-refractivity contribution in [1.29, 1.82) is 0 Å². The van der Waals surface area contributed by atoms with E-state index >= 15 is 0 Å². The molecule has 1 atom stereocenters. The number of ether oxygens (including phenoxy) is 1. The van der Waals surface area contributed by atoms with Gasteiger partial charge in [0, 0.05) is 32.1 Å². The SMILES string of the molecule is NCCC(=O)NCC1CCCCN1Cc1cccc(OCc2ccccc2)c1. The number of nitrogens with two attached hydrogens (primary N) is 1. The molecule has 3 rings (SSSR count). The van der Waals surface area contributed by atoms with Crippen LogP contribution in [0.25, 0.3) is 0 Å². The number of hydrogen-bond acceptors (Lipinski definition) is 4. The van der Waals surface area contributed by atoms with Gasteiger partial charge in [0.1, 0.15) is 12.4 Å². The summed E-state index contributed by atoms with van der Waals surface area (Å²) in [6.07, 6.45) is 3.94. The molecule has 2 aromatic carbocycles. The lowest BCUT2D eigenvalue weighted by atomic mass is 10.0. The molecule has 1 saturated heterocycles. The van der Waals surface area contributed by atoms with Gasteiger partial charge in [-0.15, -0.1) is 0 Å². The highest BCUT2D eigenvalue weighted by molar-refractivity contribution is 5.76. The normalized spacial score (nSPS) is 17.2. The van der Waals surface area contributed by atoms with Gasteiger partial charge in [0.15, 0.2) is 0 Å². The number of carbonyl (C=O) groups excluding carboxylic acids is 1. The van der Waals surface area contributed by atoms with Crippen molar-refractivity contribution >= 4 is 5.91 Å². The van der Waals surface area contributed by atoms with Gasteiger partial charge in [-0.3, -0.25) is 9.69 Å². The topological polar surface area (TPSA) is 67.6 Å². The predicted molar refractivity (Wildman–Crippen MR) is 112 cm³/mol. The fourth-order valence-electron chi connectivity index (χ4n) is 3.66. The summed E-state index contributed by atoms with van der Waals surface area (Å²) < 4.78 is 5.97. The van der Waals surface area contributed by atoms with E-state index in [-0.39, 0.29) is 5.91 Å². The van der Waals surface area contributed by atoms with Crippen LogP contribution in [0.5, 0.6) is 5.75 Å². The van der Waals surface area contributed by atoms with E-state index in [1.54, 1.807) is 0 Å². The monoisotopic (exact) mass is 381 g/mol. The number of amides is 1. The van der Waals surface area contributed by atoms with Crippen LogP contribution in [0.2, 0.25) is 0 Å². The second kappa shape index (κ2) is 10.8. The first kappa shape index (κ1) is 20.4. The molecule has 0 aliphatic carbocycles. The smallest absolute Gasteiger partial charge is 0.221 e. The Morgan fingerprint density at radius 1 is 1.11 bits per heavy atom. The Morgan fingerprint density at radius 2 is 1.93 bits per heavy atom. The maximum atomic E-state index is 11.8. The van der Waals surface area contributed by atoms with Crippen molar-refractivity contribution in [3.8, 4) is 5.75 Å². The van der Waals surface area contributed by atoms with Crippen molar-refractivity contribution in [3.63, 3.8) is 0 Å². The summed E-state index contributed by atoms with van der Waals surface area (Å²) in [4.78, 5) is 14.2. The Hall–Kier alpha value is -2.37. The first-order valence-electron chi connectivity index (χ1n) is 10.2. The Bertz CT molecular complexity index is 736. The highest BCUT2D eigenvalue weighted by atomic mass is 16.5. The molecule has 1 unspecified atom stereocenters. The Labute approximate surface area is 167 Å². The first-order chi connectivity index (χ1) is 13.7. The fraction of sp³-hybridized carbons (Fsp3) is 0.435. The van der Waals surface area contributed by atoms with E-state index < -0.39 is 0 Å². The minimum absolute atomic E-state index is 0.0457. The van der Waals surface area contributed by atoms with Crippen LogP contribution >= 0.6 is 0 Å². The predicted octanol–water partition coefficient (Wildman–Crippen LogP) is 3.09. The number of nitrogens with one attached hydrogen (secondary N) is 1. The average molecular weight is 382 g/mol. The first-order valence-corrected chi connectivity index (χ1v) is 10.2. The minimum Gasteiger partial charge on any atom is -0.489 e. The number of benzene rings is 2. The van der Waals surface area contributed by atoms with Crippen LogP contribution in [0.3, 0.4) is 0 Å². The Morgan fingerprint density at radius 3 is 2.75 bits per heavy atom. The zero-order chi connectivity index (χ0) is 19.6. The summed E-state index contributed by atoms with van der Waals surface area (Å²) in [6.45, 7) is 3.61. The molecule has 0 spiro atoms. The molecule has 2 aromatic rings. The largest absolute Gasteiger partial charge is 0.489 e. The summed E-state index contributed by atoms with van der Waals surface area (Å²) >= 11 is 0. The summed E-state index contributed by atoms with van der Waals surface area (Å²) in [5, 5.41) is 3.03. The lowest BCUT2D eigenvalue weighted by Gasteiger charge is -2.36. The number of nitrogens with zero attached hydrogens (tertiary/aromatic N) is 1. The maximum absolute atomic E-state index is 11.8. The molecule has 1 amide bonds. The van der Waals surface area contributed by atoms with E-state index in [0.29, 0.717) is 32.2 Å². The van der Waals surface area contributed by atoms with Crippen molar-refractivity contribution in [2.45, 2.75) is 44.9 Å². The molecule has 28 heavy (non-hydrogen) atoms. The van der Waals surface area contributed by atoms with Crippen LogP contribution in [0.15, 0.2) is 54.6 Å². The number of likely N-dealkylation sites (tertiary alicyclic amines) is 1. The lowest BCUT2D eigenvalue weighted by molar-refractivity contribution is -0.121. The van der Waals surface area contributed by atoms with Crippen LogP contribution in [0, 0.1) is 0 Å². The number of carbonyl (C=O) groups is 1. The van der Waals surface area contributed by atoms with Gasteiger partial charge in [-0.2, -0.15) is 0 Å². The molecule has 1 heterocycles. The molecule has 150 valence electrons. The Balaban J connectivity index is 1.55. The van der Waals surface area contributed by atoms with Gasteiger partial charge in [-0.05, 0) is 42.6 Å². The number of piperidine rings is 1. The van der Waals surface area contributed by atoms with Crippen LogP contribution in [0.4, 0.5) is 0 Å². The van der Waals surface area contributed by atoms with Gasteiger partial charge < -0.3 is 15.8 Å². The highest BCUT2D eigenvalue weighted by Gasteiger charge is 2.22. The van der Waals surface area contributed by atoms with Crippen molar-refractivity contribution in [2.75, 3.05) is 19.6 Å². The average Bonchev–Trinajstić information content (AvgIpc) is 2.73. The zero-order valence-corrected chi connectivity index (χ0v) is 16.5. The van der Waals surface area contributed by atoms with Gasteiger partial charge in [0.05, 0.1) is 0 Å². The summed E-state index contributed by atoms with van der Waals surface area (Å²) in [7, 11) is 0. The minimum atomic E-state index is 0.0457. The third-order valence-corrected chi connectivity index (χ3v) is 5.19. The van der Waals surface area contributed by atoms with E-state index in [2.05, 4.69) is 40.5 Å². The van der Waals surface area contributed by atoms with Gasteiger partial charge in [0.2, 0.25) is 5.91 Å². The van der Waals surface area contributed by atoms with Crippen molar-refractivity contribution in [2.24, 2.45) is 5.73 Å². The maximum Gasteiger partial charge on any atom is 0.221 e. The third kappa shape index (κ3) is 6.36. The molecule has 0 radical (unpaired) electrons. The van der Waals surface area contributed by atoms with Crippen LogP contribution in [-0.2, 0) is 17.9 Å². The standard InChI is InChI=1S/C23H31N3O2/c24-13-12-23(27)25-16-21-10-4-5-14-26(21)17-20-9-6-11-22(15-20)28-18-19-7-2-1-3-8-19/h1-3,6-9,11,15,21H,4-5,10,12-14,16-18,24H2,(H,25,27). The van der Waals surface area contributed by atoms with E-state index in [4.69, 9.17) is 10.5 Å². The summed E-state index contributed by atoms with van der Waals surface area (Å²) in [5.41, 5.74) is 7.87. The van der Waals surface area contributed by atoms with E-state index in [1.807, 2.05) is 24.3 Å². The quantitative estimate of drug-likeness (QED) is 0.700. The summed E-state index contributed by atoms with van der Waals surface area (Å²) in [5.74, 6) is 0.940. The van der Waals surface area contributed by atoms with Gasteiger partial charge >= 0.3 is 0 Å². The van der Waals surface area contributed by atoms with E-state index in [9.17, 15) is 4.79 Å². The Kier molecular flexibility index (Phi) is 7.88. The van der Waals surface area contributed by atoms with Crippen LogP contribution in [-0.4, -0.2) is 36.5 Å². The fourth-order valence-corrected chi connectivity index (χ4v) is 3.66. The molecular weight excluding hydrogens is 350 g/mol. The van der Waals surface area contributed by atoms with Crippen LogP contribution < -0.4 is 15.8 Å². The van der Waals surface area contributed by atoms with Crippen molar-refractivity contribution < 1.29 is 9.53 Å². The van der Waals surface area contributed by atoms with E-state index in [0.717, 1.165) is 30.8 Å². The number of rotatable bonds is 9. The lowest BCUT2D eigenvalue weighted by Crippen LogP contribution is -2.46.